The number of hydrogen-bond acceptors (Lipinski definition) is 5. The normalized spacial score (nSPS) is 24.4. The Balaban J connectivity index is 1.51. The number of β-amino-alcohol motifs (C(OH)–C–C–N with tert-alkyl or cyclic N) is 1. The first-order valence-corrected chi connectivity index (χ1v) is 11.7. The van der Waals surface area contributed by atoms with E-state index in [1.807, 2.05) is 57.5 Å². The number of aryl methyl sites for hydroxylation is 1. The molecule has 2 amide bonds. The number of nitrogens with one attached hydrogen (secondary N) is 1. The number of likely N-dealkylation sites (tertiary alicyclic amines) is 1. The quantitative estimate of drug-likeness (QED) is 0.720. The molecule has 171 valence electrons. The number of aliphatic hydroxyl groups excluding tert-OH is 1. The van der Waals surface area contributed by atoms with Gasteiger partial charge in [-0.15, -0.1) is 11.3 Å². The van der Waals surface area contributed by atoms with Crippen LogP contribution in [0.3, 0.4) is 0 Å². The number of carbonyl (C=O) groups is 2. The molecule has 3 atom stereocenters. The summed E-state index contributed by atoms with van der Waals surface area (Å²) in [6.45, 7) is 7.42. The van der Waals surface area contributed by atoms with Gasteiger partial charge in [0.05, 0.1) is 34.5 Å². The van der Waals surface area contributed by atoms with E-state index in [9.17, 15) is 19.1 Å². The summed E-state index contributed by atoms with van der Waals surface area (Å²) in [5, 5.41) is 12.8. The molecular weight excluding hydrogens is 429 g/mol. The summed E-state index contributed by atoms with van der Waals surface area (Å²) < 4.78 is 14.8. The van der Waals surface area contributed by atoms with Crippen molar-refractivity contribution in [2.45, 2.75) is 64.4 Å². The lowest BCUT2D eigenvalue weighted by Crippen LogP contribution is -2.53. The van der Waals surface area contributed by atoms with Gasteiger partial charge in [0.25, 0.3) is 0 Å². The molecule has 2 heterocycles. The average Bonchev–Trinajstić information content (AvgIpc) is 3.36. The number of benzene rings is 1. The summed E-state index contributed by atoms with van der Waals surface area (Å²) in [6, 6.07) is 7.84. The van der Waals surface area contributed by atoms with Crippen LogP contribution in [0.2, 0.25) is 0 Å². The number of nitrogens with zero attached hydrogens (tertiary/aromatic N) is 2. The van der Waals surface area contributed by atoms with Crippen LogP contribution in [0.4, 0.5) is 4.39 Å². The highest BCUT2D eigenvalue weighted by atomic mass is 32.1. The minimum Gasteiger partial charge on any atom is -0.388 e. The molecule has 1 aromatic heterocycles. The van der Waals surface area contributed by atoms with Crippen LogP contribution in [0.1, 0.15) is 44.9 Å². The molecule has 32 heavy (non-hydrogen) atoms. The third-order valence-corrected chi connectivity index (χ3v) is 7.11. The topological polar surface area (TPSA) is 82.5 Å². The molecule has 1 aromatic carbocycles. The Morgan fingerprint density at radius 3 is 2.47 bits per heavy atom. The highest BCUT2D eigenvalue weighted by molar-refractivity contribution is 7.13. The molecule has 1 radical (unpaired) electrons. The zero-order chi connectivity index (χ0) is 23.3. The summed E-state index contributed by atoms with van der Waals surface area (Å²) in [6.07, 6.45) is -1.43. The van der Waals surface area contributed by atoms with Crippen molar-refractivity contribution in [1.82, 2.24) is 15.2 Å². The van der Waals surface area contributed by atoms with Gasteiger partial charge in [-0.1, -0.05) is 45.0 Å². The van der Waals surface area contributed by atoms with E-state index in [4.69, 9.17) is 0 Å². The van der Waals surface area contributed by atoms with Crippen molar-refractivity contribution in [3.8, 4) is 10.4 Å². The minimum atomic E-state index is -1.73. The van der Waals surface area contributed by atoms with Gasteiger partial charge in [-0.05, 0) is 36.3 Å². The summed E-state index contributed by atoms with van der Waals surface area (Å²) in [5.74, 6) is -0.703. The summed E-state index contributed by atoms with van der Waals surface area (Å²) in [5.41, 5.74) is 3.56. The molecule has 1 aliphatic heterocycles. The molecule has 1 aliphatic carbocycles. The molecular formula is C24H29FN3O3S. The smallest absolute Gasteiger partial charge is 0.232 e. The van der Waals surface area contributed by atoms with E-state index in [2.05, 4.69) is 10.3 Å². The van der Waals surface area contributed by atoms with E-state index in [-0.39, 0.29) is 12.5 Å². The zero-order valence-electron chi connectivity index (χ0n) is 18.8. The van der Waals surface area contributed by atoms with Crippen molar-refractivity contribution in [3.05, 3.63) is 47.5 Å². The van der Waals surface area contributed by atoms with Gasteiger partial charge in [0.15, 0.2) is 6.17 Å². The molecule has 8 heteroatoms. The van der Waals surface area contributed by atoms with Crippen LogP contribution >= 0.6 is 11.3 Å². The van der Waals surface area contributed by atoms with Crippen molar-refractivity contribution in [2.75, 3.05) is 6.54 Å². The fourth-order valence-electron chi connectivity index (χ4n) is 4.20. The monoisotopic (exact) mass is 458 g/mol. The minimum absolute atomic E-state index is 0.145. The molecule has 2 aromatic rings. The number of amides is 2. The maximum absolute atomic E-state index is 14.8. The largest absolute Gasteiger partial charge is 0.388 e. The number of aromatic nitrogens is 1. The lowest BCUT2D eigenvalue weighted by molar-refractivity contribution is -0.133. The fourth-order valence-corrected chi connectivity index (χ4v) is 5.01. The third kappa shape index (κ3) is 4.30. The molecule has 1 saturated carbocycles. The van der Waals surface area contributed by atoms with Crippen LogP contribution in [-0.2, 0) is 15.0 Å². The van der Waals surface area contributed by atoms with Gasteiger partial charge in [0.2, 0.25) is 11.8 Å². The first-order chi connectivity index (χ1) is 15.0. The maximum atomic E-state index is 14.8. The second-order valence-corrected chi connectivity index (χ2v) is 10.7. The van der Waals surface area contributed by atoms with E-state index in [1.165, 1.54) is 11.3 Å². The predicted octanol–water partition coefficient (Wildman–Crippen LogP) is 3.38. The molecule has 1 saturated heterocycles. The van der Waals surface area contributed by atoms with Crippen LogP contribution in [0.5, 0.6) is 0 Å². The number of aliphatic hydroxyl groups is 1. The Kier molecular flexibility index (Phi) is 5.88. The lowest BCUT2D eigenvalue weighted by atomic mass is 9.91. The number of carbonyl (C=O) groups excluding carboxylic acids is 2. The van der Waals surface area contributed by atoms with Crippen molar-refractivity contribution in [3.63, 3.8) is 0 Å². The maximum Gasteiger partial charge on any atom is 0.232 e. The number of rotatable bonds is 5. The number of hydrogen-bond donors (Lipinski definition) is 2. The van der Waals surface area contributed by atoms with Crippen molar-refractivity contribution >= 4 is 23.2 Å². The van der Waals surface area contributed by atoms with Crippen molar-refractivity contribution in [1.29, 1.82) is 0 Å². The molecule has 2 aliphatic rings. The van der Waals surface area contributed by atoms with Gasteiger partial charge >= 0.3 is 0 Å². The molecule has 4 rings (SSSR count). The van der Waals surface area contributed by atoms with Crippen molar-refractivity contribution in [2.24, 2.45) is 5.41 Å². The fraction of sp³-hybridized carbons (Fsp3) is 0.500. The second-order valence-electron chi connectivity index (χ2n) is 9.86. The molecule has 6 nitrogen and oxygen atoms in total. The van der Waals surface area contributed by atoms with Gasteiger partial charge in [0, 0.05) is 0 Å². The summed E-state index contributed by atoms with van der Waals surface area (Å²) >= 11 is 1.57. The summed E-state index contributed by atoms with van der Waals surface area (Å²) in [4.78, 5) is 32.5. The van der Waals surface area contributed by atoms with Gasteiger partial charge in [-0.3, -0.25) is 9.59 Å². The van der Waals surface area contributed by atoms with Crippen LogP contribution in [0.25, 0.3) is 10.4 Å². The molecule has 0 spiro atoms. The van der Waals surface area contributed by atoms with E-state index >= 15 is 0 Å². The van der Waals surface area contributed by atoms with Crippen molar-refractivity contribution < 1.29 is 19.1 Å². The van der Waals surface area contributed by atoms with Crippen LogP contribution in [0.15, 0.2) is 29.8 Å². The average molecular weight is 459 g/mol. The van der Waals surface area contributed by atoms with Gasteiger partial charge in [-0.25, -0.2) is 9.37 Å². The van der Waals surface area contributed by atoms with E-state index in [0.29, 0.717) is 12.8 Å². The highest BCUT2D eigenvalue weighted by Gasteiger charge is 2.54. The number of thiazole rings is 1. The van der Waals surface area contributed by atoms with Crippen LogP contribution in [0, 0.1) is 18.8 Å². The lowest BCUT2D eigenvalue weighted by Gasteiger charge is -2.30. The van der Waals surface area contributed by atoms with Gasteiger partial charge in [-0.2, -0.15) is 0 Å². The molecule has 0 bridgehead atoms. The van der Waals surface area contributed by atoms with Crippen LogP contribution in [-0.4, -0.2) is 51.8 Å². The van der Waals surface area contributed by atoms with E-state index in [0.717, 1.165) is 21.7 Å². The Morgan fingerprint density at radius 2 is 1.94 bits per heavy atom. The second kappa shape index (κ2) is 8.23. The standard InChI is InChI=1S/C24H29FN3O3S/c1-14-20(32-13-26-14)15-5-7-16(8-6-15)24(9-10-24)22(31)27-21-19(25)17(29)12-28(21)18(30)11-23(2,3)4/h5-8,11,13,17,19,21,29H,9-10,12H2,1-4H3,(H,27,31)/t17-,19-,21+/m0/s1. The Morgan fingerprint density at radius 1 is 1.28 bits per heavy atom. The number of halogens is 1. The SMILES string of the molecule is Cc1ncsc1-c1ccc(C2(C(=O)N[C@H]3[C@@H](F)[C@@H](O)CN3C(=O)[CH]C(C)(C)C)CC2)cc1. The Labute approximate surface area is 191 Å². The first kappa shape index (κ1) is 22.9. The Bertz CT molecular complexity index is 1010. The molecule has 2 fully saturated rings. The predicted molar refractivity (Wildman–Crippen MR) is 122 cm³/mol. The Hall–Kier alpha value is -2.32. The van der Waals surface area contributed by atoms with Crippen LogP contribution < -0.4 is 5.32 Å². The third-order valence-electron chi connectivity index (χ3n) is 6.14. The van der Waals surface area contributed by atoms with Gasteiger partial charge in [0.1, 0.15) is 12.3 Å². The van der Waals surface area contributed by atoms with E-state index < -0.39 is 35.2 Å². The summed E-state index contributed by atoms with van der Waals surface area (Å²) in [7, 11) is 0. The van der Waals surface area contributed by atoms with E-state index in [1.54, 1.807) is 11.3 Å². The van der Waals surface area contributed by atoms with Gasteiger partial charge < -0.3 is 15.3 Å². The number of alkyl halides is 1. The molecule has 2 N–H and O–H groups in total. The highest BCUT2D eigenvalue weighted by Crippen LogP contribution is 2.49. The zero-order valence-corrected chi connectivity index (χ0v) is 19.6. The molecule has 0 unspecified atom stereocenters. The first-order valence-electron chi connectivity index (χ1n) is 10.8.